The van der Waals surface area contributed by atoms with Gasteiger partial charge in [-0.2, -0.15) is 0 Å². The van der Waals surface area contributed by atoms with Crippen molar-refractivity contribution < 1.29 is 19.1 Å². The number of Topliss-reactive ketones (excluding diaryl/α,β-unsaturated/α-hetero) is 1. The minimum Gasteiger partial charge on any atom is -0.488 e. The Kier molecular flexibility index (Phi) is 6.89. The van der Waals surface area contributed by atoms with Crippen LogP contribution in [0.1, 0.15) is 22.5 Å². The van der Waals surface area contributed by atoms with Gasteiger partial charge in [0.1, 0.15) is 19.0 Å². The van der Waals surface area contributed by atoms with E-state index >= 15 is 0 Å². The molecule has 1 heterocycles. The largest absolute Gasteiger partial charge is 0.488 e. The standard InChI is InChI=1S/C16H14Cl2O4S/c17-11-3-5-14(12(18)10-11)21-7-8-22-16(20)6-4-13(19)15-2-1-9-23-15/h1-3,5,9-10H,4,6-8H2. The van der Waals surface area contributed by atoms with Crippen LogP contribution in [0.15, 0.2) is 35.7 Å². The summed E-state index contributed by atoms with van der Waals surface area (Å²) in [5, 5.41) is 2.74. The number of esters is 1. The van der Waals surface area contributed by atoms with Crippen LogP contribution in [0.4, 0.5) is 0 Å². The van der Waals surface area contributed by atoms with Crippen molar-refractivity contribution in [2.24, 2.45) is 0 Å². The van der Waals surface area contributed by atoms with Gasteiger partial charge >= 0.3 is 5.97 Å². The van der Waals surface area contributed by atoms with Crippen molar-refractivity contribution in [1.29, 1.82) is 0 Å². The summed E-state index contributed by atoms with van der Waals surface area (Å²) in [7, 11) is 0. The average Bonchev–Trinajstić information content (AvgIpc) is 3.05. The SMILES string of the molecule is O=C(CCC(=O)c1cccs1)OCCOc1ccc(Cl)cc1Cl. The predicted molar refractivity (Wildman–Crippen MR) is 90.8 cm³/mol. The van der Waals surface area contributed by atoms with E-state index in [2.05, 4.69) is 0 Å². The smallest absolute Gasteiger partial charge is 0.306 e. The lowest BCUT2D eigenvalue weighted by molar-refractivity contribution is -0.144. The van der Waals surface area contributed by atoms with Gasteiger partial charge in [0.25, 0.3) is 0 Å². The molecule has 4 nitrogen and oxygen atoms in total. The second-order valence-corrected chi connectivity index (χ2v) is 6.34. The first-order chi connectivity index (χ1) is 11.1. The number of hydrogen-bond donors (Lipinski definition) is 0. The number of ketones is 1. The van der Waals surface area contributed by atoms with Crippen LogP contribution in [-0.4, -0.2) is 25.0 Å². The molecule has 7 heteroatoms. The molecule has 0 amide bonds. The van der Waals surface area contributed by atoms with Crippen LogP contribution in [0.3, 0.4) is 0 Å². The third-order valence-electron chi connectivity index (χ3n) is 2.85. The minimum atomic E-state index is -0.430. The van der Waals surface area contributed by atoms with Crippen molar-refractivity contribution in [3.8, 4) is 5.75 Å². The van der Waals surface area contributed by atoms with Gasteiger partial charge < -0.3 is 9.47 Å². The highest BCUT2D eigenvalue weighted by atomic mass is 35.5. The number of halogens is 2. The Labute approximate surface area is 147 Å². The molecule has 0 saturated heterocycles. The normalized spacial score (nSPS) is 10.3. The molecule has 0 N–H and O–H groups in total. The first-order valence-corrected chi connectivity index (χ1v) is 8.50. The third kappa shape index (κ3) is 5.86. The van der Waals surface area contributed by atoms with Gasteiger partial charge in [0.15, 0.2) is 5.78 Å². The molecule has 0 spiro atoms. The Bertz CT molecular complexity index is 671. The maximum atomic E-state index is 11.7. The van der Waals surface area contributed by atoms with Crippen LogP contribution >= 0.6 is 34.5 Å². The zero-order chi connectivity index (χ0) is 16.7. The zero-order valence-corrected chi connectivity index (χ0v) is 14.4. The van der Waals surface area contributed by atoms with Gasteiger partial charge in [-0.15, -0.1) is 11.3 Å². The second kappa shape index (κ2) is 8.91. The van der Waals surface area contributed by atoms with Crippen molar-refractivity contribution in [2.75, 3.05) is 13.2 Å². The zero-order valence-electron chi connectivity index (χ0n) is 12.1. The van der Waals surface area contributed by atoms with Crippen molar-refractivity contribution >= 4 is 46.3 Å². The molecule has 0 radical (unpaired) electrons. The van der Waals surface area contributed by atoms with E-state index in [4.69, 9.17) is 32.7 Å². The average molecular weight is 373 g/mol. The molecule has 0 aliphatic carbocycles. The van der Waals surface area contributed by atoms with Crippen molar-refractivity contribution in [1.82, 2.24) is 0 Å². The van der Waals surface area contributed by atoms with Crippen LogP contribution < -0.4 is 4.74 Å². The lowest BCUT2D eigenvalue weighted by Crippen LogP contribution is -2.13. The highest BCUT2D eigenvalue weighted by Gasteiger charge is 2.11. The van der Waals surface area contributed by atoms with Gasteiger partial charge in [-0.25, -0.2) is 0 Å². The number of hydrogen-bond acceptors (Lipinski definition) is 5. The van der Waals surface area contributed by atoms with Crippen LogP contribution in [0.25, 0.3) is 0 Å². The van der Waals surface area contributed by atoms with E-state index in [1.807, 2.05) is 5.38 Å². The van der Waals surface area contributed by atoms with E-state index in [1.54, 1.807) is 30.3 Å². The fraction of sp³-hybridized carbons (Fsp3) is 0.250. The molecule has 0 atom stereocenters. The summed E-state index contributed by atoms with van der Waals surface area (Å²) in [5.41, 5.74) is 0. The van der Waals surface area contributed by atoms with Crippen molar-refractivity contribution in [3.63, 3.8) is 0 Å². The van der Waals surface area contributed by atoms with E-state index in [0.717, 1.165) is 0 Å². The molecule has 2 rings (SSSR count). The highest BCUT2D eigenvalue weighted by molar-refractivity contribution is 7.12. The lowest BCUT2D eigenvalue weighted by Gasteiger charge is -2.08. The molecule has 1 aromatic heterocycles. The van der Waals surface area contributed by atoms with E-state index in [9.17, 15) is 9.59 Å². The Balaban J connectivity index is 1.64. The fourth-order valence-electron chi connectivity index (χ4n) is 1.75. The molecule has 0 bridgehead atoms. The summed E-state index contributed by atoms with van der Waals surface area (Å²) in [6, 6.07) is 8.41. The number of carbonyl (C=O) groups excluding carboxylic acids is 2. The molecule has 0 unspecified atom stereocenters. The number of ether oxygens (including phenoxy) is 2. The highest BCUT2D eigenvalue weighted by Crippen LogP contribution is 2.27. The van der Waals surface area contributed by atoms with E-state index in [1.165, 1.54) is 11.3 Å². The first-order valence-electron chi connectivity index (χ1n) is 6.86. The Hall–Kier alpha value is -1.56. The van der Waals surface area contributed by atoms with Crippen molar-refractivity contribution in [2.45, 2.75) is 12.8 Å². The Morgan fingerprint density at radius 3 is 2.61 bits per heavy atom. The molecule has 1 aromatic carbocycles. The minimum absolute atomic E-state index is 0.0540. The van der Waals surface area contributed by atoms with Crippen LogP contribution in [0.5, 0.6) is 5.75 Å². The van der Waals surface area contributed by atoms with Gasteiger partial charge in [0.2, 0.25) is 0 Å². The molecule has 2 aromatic rings. The van der Waals surface area contributed by atoms with Crippen LogP contribution in [0, 0.1) is 0 Å². The van der Waals surface area contributed by atoms with Gasteiger partial charge in [0.05, 0.1) is 16.3 Å². The molecular weight excluding hydrogens is 359 g/mol. The molecule has 0 aliphatic rings. The summed E-state index contributed by atoms with van der Waals surface area (Å²) < 4.78 is 10.4. The van der Waals surface area contributed by atoms with E-state index in [0.29, 0.717) is 20.7 Å². The fourth-order valence-corrected chi connectivity index (χ4v) is 2.91. The molecule has 23 heavy (non-hydrogen) atoms. The van der Waals surface area contributed by atoms with Gasteiger partial charge in [-0.1, -0.05) is 29.3 Å². The number of benzene rings is 1. The number of rotatable bonds is 8. The first kappa shape index (κ1) is 17.8. The number of carbonyl (C=O) groups is 2. The summed E-state index contributed by atoms with van der Waals surface area (Å²) in [4.78, 5) is 24.0. The topological polar surface area (TPSA) is 52.6 Å². The maximum Gasteiger partial charge on any atom is 0.306 e. The Morgan fingerprint density at radius 1 is 1.09 bits per heavy atom. The number of thiophene rings is 1. The Morgan fingerprint density at radius 2 is 1.91 bits per heavy atom. The molecule has 0 saturated carbocycles. The van der Waals surface area contributed by atoms with Crippen molar-refractivity contribution in [3.05, 3.63) is 50.6 Å². The quantitative estimate of drug-likeness (QED) is 0.384. The van der Waals surface area contributed by atoms with Crippen LogP contribution in [-0.2, 0) is 9.53 Å². The second-order valence-electron chi connectivity index (χ2n) is 4.54. The summed E-state index contributed by atoms with van der Waals surface area (Å²) in [5.74, 6) is -0.0122. The lowest BCUT2D eigenvalue weighted by atomic mass is 10.2. The predicted octanol–water partition coefficient (Wildman–Crippen LogP) is 4.64. The van der Waals surface area contributed by atoms with E-state index < -0.39 is 5.97 Å². The maximum absolute atomic E-state index is 11.7. The van der Waals surface area contributed by atoms with Gasteiger partial charge in [0, 0.05) is 11.4 Å². The molecule has 0 aliphatic heterocycles. The summed E-state index contributed by atoms with van der Waals surface area (Å²) in [6.07, 6.45) is 0.196. The van der Waals surface area contributed by atoms with Gasteiger partial charge in [-0.3, -0.25) is 9.59 Å². The summed E-state index contributed by atoms with van der Waals surface area (Å²) in [6.45, 7) is 0.261. The molecule has 122 valence electrons. The summed E-state index contributed by atoms with van der Waals surface area (Å²) >= 11 is 13.1. The molecular formula is C16H14Cl2O4S. The van der Waals surface area contributed by atoms with E-state index in [-0.39, 0.29) is 31.8 Å². The monoisotopic (exact) mass is 372 g/mol. The van der Waals surface area contributed by atoms with Gasteiger partial charge in [-0.05, 0) is 29.6 Å². The third-order valence-corrected chi connectivity index (χ3v) is 4.29. The van der Waals surface area contributed by atoms with Crippen LogP contribution in [0.2, 0.25) is 10.0 Å². The molecule has 0 fully saturated rings.